The number of hydrogen-bond acceptors (Lipinski definition) is 5. The van der Waals surface area contributed by atoms with Gasteiger partial charge in [-0.2, -0.15) is 4.72 Å². The van der Waals surface area contributed by atoms with Gasteiger partial charge < -0.3 is 9.47 Å². The van der Waals surface area contributed by atoms with Crippen LogP contribution in [0.25, 0.3) is 0 Å². The molecule has 0 heterocycles. The first-order valence-electron chi connectivity index (χ1n) is 7.92. The van der Waals surface area contributed by atoms with E-state index in [0.29, 0.717) is 10.8 Å². The molecule has 0 spiro atoms. The summed E-state index contributed by atoms with van der Waals surface area (Å²) in [5.41, 5.74) is 0.942. The van der Waals surface area contributed by atoms with E-state index >= 15 is 0 Å². The van der Waals surface area contributed by atoms with Crippen molar-refractivity contribution in [3.63, 3.8) is 0 Å². The fraction of sp³-hybridized carbons (Fsp3) is 0.278. The summed E-state index contributed by atoms with van der Waals surface area (Å²) in [7, 11) is -3.79. The van der Waals surface area contributed by atoms with Crippen molar-refractivity contribution in [1.29, 1.82) is 0 Å². The molecule has 0 aliphatic carbocycles. The molecule has 2 aromatic carbocycles. The fourth-order valence-electron chi connectivity index (χ4n) is 2.02. The van der Waals surface area contributed by atoms with Gasteiger partial charge in [0.1, 0.15) is 25.0 Å². The van der Waals surface area contributed by atoms with Gasteiger partial charge in [-0.3, -0.25) is 4.79 Å². The summed E-state index contributed by atoms with van der Waals surface area (Å²) in [6.45, 7) is 3.42. The van der Waals surface area contributed by atoms with Crippen molar-refractivity contribution < 1.29 is 22.7 Å². The van der Waals surface area contributed by atoms with Gasteiger partial charge >= 0.3 is 5.97 Å². The zero-order valence-corrected chi connectivity index (χ0v) is 16.0. The van der Waals surface area contributed by atoms with E-state index in [1.165, 1.54) is 19.1 Å². The van der Waals surface area contributed by atoms with Crippen LogP contribution in [0.4, 0.5) is 0 Å². The average Bonchev–Trinajstić information content (AvgIpc) is 2.60. The van der Waals surface area contributed by atoms with Crippen molar-refractivity contribution >= 4 is 27.6 Å². The number of carbonyl (C=O) groups is 1. The van der Waals surface area contributed by atoms with E-state index < -0.39 is 22.0 Å². The van der Waals surface area contributed by atoms with E-state index in [0.717, 1.165) is 5.56 Å². The van der Waals surface area contributed by atoms with Gasteiger partial charge in [0.25, 0.3) is 0 Å². The van der Waals surface area contributed by atoms with Crippen molar-refractivity contribution in [2.75, 3.05) is 13.2 Å². The lowest BCUT2D eigenvalue weighted by molar-refractivity contribution is -0.145. The maximum absolute atomic E-state index is 12.2. The Hall–Kier alpha value is -2.09. The third-order valence-corrected chi connectivity index (χ3v) is 5.24. The predicted molar refractivity (Wildman–Crippen MR) is 98.9 cm³/mol. The van der Waals surface area contributed by atoms with Gasteiger partial charge in [-0.15, -0.1) is 0 Å². The second-order valence-corrected chi connectivity index (χ2v) is 7.78. The highest BCUT2D eigenvalue weighted by atomic mass is 35.5. The molecule has 1 atom stereocenters. The number of carbonyl (C=O) groups excluding carboxylic acids is 1. The number of aryl methyl sites for hydroxylation is 1. The quantitative estimate of drug-likeness (QED) is 0.547. The number of nitrogens with one attached hydrogen (secondary N) is 1. The minimum Gasteiger partial charge on any atom is -0.490 e. The number of esters is 1. The molecule has 0 aliphatic rings. The van der Waals surface area contributed by atoms with E-state index in [1.54, 1.807) is 36.4 Å². The van der Waals surface area contributed by atoms with Crippen molar-refractivity contribution in [2.45, 2.75) is 24.8 Å². The van der Waals surface area contributed by atoms with Crippen LogP contribution in [-0.4, -0.2) is 33.6 Å². The first-order valence-corrected chi connectivity index (χ1v) is 9.78. The highest BCUT2D eigenvalue weighted by molar-refractivity contribution is 7.89. The smallest absolute Gasteiger partial charge is 0.324 e. The fourth-order valence-corrected chi connectivity index (χ4v) is 3.34. The predicted octanol–water partition coefficient (Wildman–Crippen LogP) is 2.94. The third-order valence-electron chi connectivity index (χ3n) is 3.43. The molecule has 0 aliphatic heterocycles. The molecule has 2 aromatic rings. The molecule has 1 N–H and O–H groups in total. The second-order valence-electron chi connectivity index (χ2n) is 5.63. The van der Waals surface area contributed by atoms with Crippen molar-refractivity contribution in [2.24, 2.45) is 0 Å². The largest absolute Gasteiger partial charge is 0.490 e. The van der Waals surface area contributed by atoms with Gasteiger partial charge in [-0.1, -0.05) is 29.3 Å². The first kappa shape index (κ1) is 20.2. The van der Waals surface area contributed by atoms with Crippen LogP contribution in [0.15, 0.2) is 53.4 Å². The molecule has 2 rings (SSSR count). The minimum atomic E-state index is -3.79. The van der Waals surface area contributed by atoms with E-state index in [2.05, 4.69) is 4.72 Å². The van der Waals surface area contributed by atoms with Crippen LogP contribution < -0.4 is 9.46 Å². The van der Waals surface area contributed by atoms with Crippen molar-refractivity contribution in [3.8, 4) is 5.75 Å². The van der Waals surface area contributed by atoms with Crippen molar-refractivity contribution in [3.05, 3.63) is 59.1 Å². The minimum absolute atomic E-state index is 0.00193. The first-order chi connectivity index (χ1) is 12.3. The molecule has 0 radical (unpaired) electrons. The molecule has 140 valence electrons. The van der Waals surface area contributed by atoms with Gasteiger partial charge in [-0.05, 0) is 50.2 Å². The molecule has 0 saturated carbocycles. The normalized spacial score (nSPS) is 12.4. The van der Waals surface area contributed by atoms with Crippen molar-refractivity contribution in [1.82, 2.24) is 4.72 Å². The standard InChI is InChI=1S/C18H20ClNO5S/c1-13-3-9-17(10-4-13)26(22,23)20-14(2)18(21)25-12-11-24-16-7-5-15(19)6-8-16/h3-10,14,20H,11-12H2,1-2H3/t14-/m0/s1. The molecule has 0 fully saturated rings. The Bertz CT molecular complexity index is 835. The van der Waals surface area contributed by atoms with Gasteiger partial charge in [0.2, 0.25) is 10.0 Å². The van der Waals surface area contributed by atoms with Crippen LogP contribution in [0.1, 0.15) is 12.5 Å². The average molecular weight is 398 g/mol. The Morgan fingerprint density at radius 3 is 2.31 bits per heavy atom. The summed E-state index contributed by atoms with van der Waals surface area (Å²) >= 11 is 5.77. The van der Waals surface area contributed by atoms with Crippen LogP contribution in [0.3, 0.4) is 0 Å². The molecular weight excluding hydrogens is 378 g/mol. The van der Waals surface area contributed by atoms with E-state index in [9.17, 15) is 13.2 Å². The van der Waals surface area contributed by atoms with Gasteiger partial charge in [0, 0.05) is 5.02 Å². The van der Waals surface area contributed by atoms with Gasteiger partial charge in [0.05, 0.1) is 4.90 Å². The number of rotatable bonds is 8. The van der Waals surface area contributed by atoms with Crippen LogP contribution in [-0.2, 0) is 19.6 Å². The molecule has 0 amide bonds. The molecule has 0 saturated heterocycles. The lowest BCUT2D eigenvalue weighted by Crippen LogP contribution is -2.39. The van der Waals surface area contributed by atoms with E-state index in [4.69, 9.17) is 21.1 Å². The molecule has 6 nitrogen and oxygen atoms in total. The summed E-state index contributed by atoms with van der Waals surface area (Å²) in [6, 6.07) is 12.1. The summed E-state index contributed by atoms with van der Waals surface area (Å²) < 4.78 is 37.2. The van der Waals surface area contributed by atoms with Gasteiger partial charge in [0.15, 0.2) is 0 Å². The molecular formula is C18H20ClNO5S. The Balaban J connectivity index is 1.79. The van der Waals surface area contributed by atoms with Gasteiger partial charge in [-0.25, -0.2) is 8.42 Å². The Morgan fingerprint density at radius 2 is 1.69 bits per heavy atom. The lowest BCUT2D eigenvalue weighted by Gasteiger charge is -2.14. The molecule has 26 heavy (non-hydrogen) atoms. The maximum atomic E-state index is 12.2. The Morgan fingerprint density at radius 1 is 1.08 bits per heavy atom. The summed E-state index contributed by atoms with van der Waals surface area (Å²) in [4.78, 5) is 12.0. The van der Waals surface area contributed by atoms with E-state index in [-0.39, 0.29) is 18.1 Å². The maximum Gasteiger partial charge on any atom is 0.324 e. The van der Waals surface area contributed by atoms with E-state index in [1.807, 2.05) is 6.92 Å². The van der Waals surface area contributed by atoms with Crippen LogP contribution in [0.5, 0.6) is 5.75 Å². The second kappa shape index (κ2) is 9.02. The monoisotopic (exact) mass is 397 g/mol. The molecule has 0 bridgehead atoms. The Labute approximate surface area is 158 Å². The zero-order valence-electron chi connectivity index (χ0n) is 14.4. The summed E-state index contributed by atoms with van der Waals surface area (Å²) in [5, 5.41) is 0.596. The lowest BCUT2D eigenvalue weighted by atomic mass is 10.2. The van der Waals surface area contributed by atoms with Crippen LogP contribution in [0.2, 0.25) is 5.02 Å². The molecule has 8 heteroatoms. The Kier molecular flexibility index (Phi) is 7.02. The van der Waals surface area contributed by atoms with Crippen LogP contribution >= 0.6 is 11.6 Å². The number of benzene rings is 2. The SMILES string of the molecule is Cc1ccc(S(=O)(=O)N[C@@H](C)C(=O)OCCOc2ccc(Cl)cc2)cc1. The summed E-state index contributed by atoms with van der Waals surface area (Å²) in [6.07, 6.45) is 0. The zero-order chi connectivity index (χ0) is 19.2. The molecule has 0 unspecified atom stereocenters. The highest BCUT2D eigenvalue weighted by Gasteiger charge is 2.23. The summed E-state index contributed by atoms with van der Waals surface area (Å²) in [5.74, 6) is -0.0843. The highest BCUT2D eigenvalue weighted by Crippen LogP contribution is 2.15. The number of sulfonamides is 1. The van der Waals surface area contributed by atoms with Crippen LogP contribution in [0, 0.1) is 6.92 Å². The third kappa shape index (κ3) is 6.01. The number of hydrogen-bond donors (Lipinski definition) is 1. The topological polar surface area (TPSA) is 81.7 Å². The molecule has 0 aromatic heterocycles. The number of halogens is 1. The number of ether oxygens (including phenoxy) is 2.